The van der Waals surface area contributed by atoms with Crippen molar-refractivity contribution in [2.75, 3.05) is 6.61 Å². The molecule has 0 aliphatic carbocycles. The lowest BCUT2D eigenvalue weighted by Crippen LogP contribution is -2.07. The lowest BCUT2D eigenvalue weighted by Gasteiger charge is -2.12. The first kappa shape index (κ1) is 14.6. The SMILES string of the molecule is CCOc1cc(C)ccc1OCc1n[nH]c(=S)n1CC. The van der Waals surface area contributed by atoms with Gasteiger partial charge in [-0.2, -0.15) is 5.10 Å². The minimum atomic E-state index is 0.351. The van der Waals surface area contributed by atoms with Gasteiger partial charge in [0.25, 0.3) is 0 Å². The number of hydrogen-bond donors (Lipinski definition) is 1. The summed E-state index contributed by atoms with van der Waals surface area (Å²) in [5, 5.41) is 6.95. The minimum Gasteiger partial charge on any atom is -0.490 e. The molecule has 5 nitrogen and oxygen atoms in total. The maximum atomic E-state index is 5.81. The second-order valence-corrected chi connectivity index (χ2v) is 4.75. The molecule has 0 aliphatic rings. The minimum absolute atomic E-state index is 0.351. The van der Waals surface area contributed by atoms with E-state index in [-0.39, 0.29) is 0 Å². The summed E-state index contributed by atoms with van der Waals surface area (Å²) in [6.07, 6.45) is 0. The lowest BCUT2D eigenvalue weighted by molar-refractivity contribution is 0.259. The number of H-pyrrole nitrogens is 1. The summed E-state index contributed by atoms with van der Waals surface area (Å²) in [5.41, 5.74) is 1.14. The molecule has 1 aromatic carbocycles. The predicted octanol–water partition coefficient (Wildman–Crippen LogP) is 3.25. The molecule has 2 rings (SSSR count). The molecule has 0 atom stereocenters. The first-order valence-electron chi connectivity index (χ1n) is 6.66. The van der Waals surface area contributed by atoms with E-state index in [0.717, 1.165) is 23.7 Å². The molecule has 0 amide bonds. The van der Waals surface area contributed by atoms with Crippen LogP contribution in [-0.4, -0.2) is 21.4 Å². The van der Waals surface area contributed by atoms with Crippen LogP contribution in [0.15, 0.2) is 18.2 Å². The van der Waals surface area contributed by atoms with Crippen LogP contribution in [0.3, 0.4) is 0 Å². The summed E-state index contributed by atoms with van der Waals surface area (Å²) in [6.45, 7) is 7.72. The quantitative estimate of drug-likeness (QED) is 0.831. The Morgan fingerprint density at radius 2 is 2.05 bits per heavy atom. The van der Waals surface area contributed by atoms with Crippen LogP contribution in [0.1, 0.15) is 25.2 Å². The Kier molecular flexibility index (Phi) is 4.79. The van der Waals surface area contributed by atoms with Gasteiger partial charge in [0.15, 0.2) is 22.1 Å². The van der Waals surface area contributed by atoms with Gasteiger partial charge in [0.2, 0.25) is 0 Å². The molecule has 20 heavy (non-hydrogen) atoms. The third-order valence-electron chi connectivity index (χ3n) is 2.91. The molecule has 2 aromatic rings. The Balaban J connectivity index is 2.16. The van der Waals surface area contributed by atoms with Gasteiger partial charge in [-0.25, -0.2) is 0 Å². The summed E-state index contributed by atoms with van der Waals surface area (Å²) in [4.78, 5) is 0. The molecule has 0 spiro atoms. The standard InChI is InChI=1S/C14H19N3O2S/c1-4-17-13(15-16-14(17)20)9-19-11-7-6-10(3)8-12(11)18-5-2/h6-8H,4-5,9H2,1-3H3,(H,16,20). The van der Waals surface area contributed by atoms with Crippen molar-refractivity contribution in [3.05, 3.63) is 34.4 Å². The van der Waals surface area contributed by atoms with E-state index >= 15 is 0 Å². The van der Waals surface area contributed by atoms with Crippen LogP contribution in [0, 0.1) is 11.7 Å². The van der Waals surface area contributed by atoms with Crippen LogP contribution >= 0.6 is 12.2 Å². The highest BCUT2D eigenvalue weighted by Gasteiger charge is 2.09. The number of aromatic nitrogens is 3. The maximum absolute atomic E-state index is 5.81. The molecule has 0 unspecified atom stereocenters. The molecule has 0 saturated heterocycles. The number of aryl methyl sites for hydroxylation is 1. The number of ether oxygens (including phenoxy) is 2. The first-order chi connectivity index (χ1) is 9.65. The molecule has 0 fully saturated rings. The number of nitrogens with one attached hydrogen (secondary N) is 1. The second kappa shape index (κ2) is 6.56. The van der Waals surface area contributed by atoms with E-state index in [2.05, 4.69) is 10.2 Å². The molecule has 0 saturated carbocycles. The number of hydrogen-bond acceptors (Lipinski definition) is 4. The fourth-order valence-corrected chi connectivity index (χ4v) is 2.21. The Morgan fingerprint density at radius 1 is 1.25 bits per heavy atom. The van der Waals surface area contributed by atoms with Crippen molar-refractivity contribution in [2.24, 2.45) is 0 Å². The Hall–Kier alpha value is -1.82. The molecular formula is C14H19N3O2S. The normalized spacial score (nSPS) is 10.6. The number of nitrogens with zero attached hydrogens (tertiary/aromatic N) is 2. The van der Waals surface area contributed by atoms with Crippen molar-refractivity contribution < 1.29 is 9.47 Å². The Labute approximate surface area is 123 Å². The van der Waals surface area contributed by atoms with Gasteiger partial charge in [0, 0.05) is 6.54 Å². The summed E-state index contributed by atoms with van der Waals surface area (Å²) < 4.78 is 13.9. The second-order valence-electron chi connectivity index (χ2n) is 4.36. The van der Waals surface area contributed by atoms with Gasteiger partial charge in [-0.05, 0) is 50.7 Å². The molecular weight excluding hydrogens is 274 g/mol. The molecule has 0 bridgehead atoms. The van der Waals surface area contributed by atoms with E-state index in [1.54, 1.807) is 0 Å². The fraction of sp³-hybridized carbons (Fsp3) is 0.429. The smallest absolute Gasteiger partial charge is 0.195 e. The largest absolute Gasteiger partial charge is 0.490 e. The molecule has 1 aromatic heterocycles. The summed E-state index contributed by atoms with van der Waals surface area (Å²) >= 11 is 5.15. The van der Waals surface area contributed by atoms with Crippen molar-refractivity contribution in [3.63, 3.8) is 0 Å². The summed E-state index contributed by atoms with van der Waals surface area (Å²) in [6, 6.07) is 5.88. The molecule has 1 N–H and O–H groups in total. The van der Waals surface area contributed by atoms with Crippen LogP contribution in [0.2, 0.25) is 0 Å². The maximum Gasteiger partial charge on any atom is 0.195 e. The van der Waals surface area contributed by atoms with E-state index in [1.807, 2.05) is 43.5 Å². The first-order valence-corrected chi connectivity index (χ1v) is 7.06. The van der Waals surface area contributed by atoms with E-state index < -0.39 is 0 Å². The highest BCUT2D eigenvalue weighted by molar-refractivity contribution is 7.71. The van der Waals surface area contributed by atoms with Gasteiger partial charge in [-0.3, -0.25) is 5.10 Å². The summed E-state index contributed by atoms with van der Waals surface area (Å²) in [7, 11) is 0. The van der Waals surface area contributed by atoms with E-state index in [0.29, 0.717) is 23.7 Å². The van der Waals surface area contributed by atoms with Crippen LogP contribution in [-0.2, 0) is 13.2 Å². The fourth-order valence-electron chi connectivity index (χ4n) is 1.93. The predicted molar refractivity (Wildman–Crippen MR) is 79.8 cm³/mol. The van der Waals surface area contributed by atoms with Gasteiger partial charge in [-0.1, -0.05) is 6.07 Å². The molecule has 1 heterocycles. The Bertz CT molecular complexity index is 634. The van der Waals surface area contributed by atoms with Gasteiger partial charge >= 0.3 is 0 Å². The van der Waals surface area contributed by atoms with Crippen molar-refractivity contribution in [1.29, 1.82) is 0 Å². The average Bonchev–Trinajstić information content (AvgIpc) is 2.78. The van der Waals surface area contributed by atoms with Crippen LogP contribution in [0.4, 0.5) is 0 Å². The van der Waals surface area contributed by atoms with Crippen molar-refractivity contribution >= 4 is 12.2 Å². The molecule has 6 heteroatoms. The van der Waals surface area contributed by atoms with Gasteiger partial charge in [0.1, 0.15) is 6.61 Å². The Morgan fingerprint density at radius 3 is 2.75 bits per heavy atom. The zero-order valence-corrected chi connectivity index (χ0v) is 12.8. The van der Waals surface area contributed by atoms with E-state index in [9.17, 15) is 0 Å². The lowest BCUT2D eigenvalue weighted by atomic mass is 10.2. The third kappa shape index (κ3) is 3.19. The third-order valence-corrected chi connectivity index (χ3v) is 3.22. The topological polar surface area (TPSA) is 52.1 Å². The van der Waals surface area contributed by atoms with Crippen molar-refractivity contribution in [2.45, 2.75) is 33.9 Å². The zero-order chi connectivity index (χ0) is 14.5. The van der Waals surface area contributed by atoms with Gasteiger partial charge < -0.3 is 14.0 Å². The number of aromatic amines is 1. The van der Waals surface area contributed by atoms with Crippen molar-refractivity contribution in [1.82, 2.24) is 14.8 Å². The zero-order valence-electron chi connectivity index (χ0n) is 12.0. The highest BCUT2D eigenvalue weighted by atomic mass is 32.1. The number of benzene rings is 1. The van der Waals surface area contributed by atoms with Crippen LogP contribution in [0.5, 0.6) is 11.5 Å². The van der Waals surface area contributed by atoms with Crippen molar-refractivity contribution in [3.8, 4) is 11.5 Å². The monoisotopic (exact) mass is 293 g/mol. The summed E-state index contributed by atoms with van der Waals surface area (Å²) in [5.74, 6) is 2.25. The molecule has 0 radical (unpaired) electrons. The average molecular weight is 293 g/mol. The van der Waals surface area contributed by atoms with Crippen LogP contribution < -0.4 is 9.47 Å². The molecule has 0 aliphatic heterocycles. The van der Waals surface area contributed by atoms with Crippen LogP contribution in [0.25, 0.3) is 0 Å². The highest BCUT2D eigenvalue weighted by Crippen LogP contribution is 2.28. The van der Waals surface area contributed by atoms with E-state index in [1.165, 1.54) is 0 Å². The van der Waals surface area contributed by atoms with Gasteiger partial charge in [-0.15, -0.1) is 0 Å². The van der Waals surface area contributed by atoms with E-state index in [4.69, 9.17) is 21.7 Å². The van der Waals surface area contributed by atoms with Gasteiger partial charge in [0.05, 0.1) is 6.61 Å². The number of rotatable bonds is 6. The molecule has 108 valence electrons.